The zero-order valence-corrected chi connectivity index (χ0v) is 22.8. The summed E-state index contributed by atoms with van der Waals surface area (Å²) in [5.74, 6) is 0.478. The fourth-order valence-electron chi connectivity index (χ4n) is 4.30. The van der Waals surface area contributed by atoms with Crippen LogP contribution in [0.25, 0.3) is 0 Å². The Hall–Kier alpha value is -3.40. The zero-order valence-electron chi connectivity index (χ0n) is 22.0. The number of nitrogens with zero attached hydrogens (tertiary/aromatic N) is 2. The van der Waals surface area contributed by atoms with E-state index in [1.54, 1.807) is 12.1 Å². The lowest BCUT2D eigenvalue weighted by atomic mass is 10.00. The first-order chi connectivity index (χ1) is 18.1. The van der Waals surface area contributed by atoms with Gasteiger partial charge >= 0.3 is 6.09 Å². The molecule has 0 saturated heterocycles. The minimum Gasteiger partial charge on any atom is -0.497 e. The van der Waals surface area contributed by atoms with E-state index in [0.29, 0.717) is 5.75 Å². The van der Waals surface area contributed by atoms with Gasteiger partial charge in [0.2, 0.25) is 10.0 Å². The number of aliphatic hydroxyl groups excluding tert-OH is 1. The van der Waals surface area contributed by atoms with E-state index in [4.69, 9.17) is 4.74 Å². The van der Waals surface area contributed by atoms with E-state index in [-0.39, 0.29) is 36.9 Å². The van der Waals surface area contributed by atoms with Crippen molar-refractivity contribution in [1.82, 2.24) is 9.21 Å². The minimum atomic E-state index is -4.05. The van der Waals surface area contributed by atoms with E-state index in [1.165, 1.54) is 23.5 Å². The molecule has 1 amide bonds. The molecule has 0 radical (unpaired) electrons. The Kier molecular flexibility index (Phi) is 10.3. The molecule has 0 aliphatic heterocycles. The number of hydrogen-bond donors (Lipinski definition) is 2. The van der Waals surface area contributed by atoms with Crippen molar-refractivity contribution in [2.24, 2.45) is 5.92 Å². The van der Waals surface area contributed by atoms with Crippen LogP contribution in [-0.4, -0.2) is 66.3 Å². The predicted molar refractivity (Wildman–Crippen MR) is 147 cm³/mol. The van der Waals surface area contributed by atoms with Gasteiger partial charge in [0.05, 0.1) is 30.7 Å². The summed E-state index contributed by atoms with van der Waals surface area (Å²) in [4.78, 5) is 13.3. The topological polar surface area (TPSA) is 107 Å². The SMILES string of the molecule is COc1ccc(S(=O)(=O)N(CC(C)C)C(Cc2ccccc2)C(O)CN(Cc2ccccc2)C(=O)O)cc1. The molecule has 2 N–H and O–H groups in total. The maximum atomic E-state index is 14.0. The lowest BCUT2D eigenvalue weighted by molar-refractivity contribution is 0.0472. The van der Waals surface area contributed by atoms with Gasteiger partial charge in [-0.1, -0.05) is 74.5 Å². The summed E-state index contributed by atoms with van der Waals surface area (Å²) in [5.41, 5.74) is 1.60. The Morgan fingerprint density at radius 2 is 1.42 bits per heavy atom. The van der Waals surface area contributed by atoms with Gasteiger partial charge in [-0.2, -0.15) is 4.31 Å². The number of methoxy groups -OCH3 is 1. The molecule has 3 aromatic carbocycles. The third-order valence-corrected chi connectivity index (χ3v) is 8.11. The Morgan fingerprint density at radius 1 is 0.868 bits per heavy atom. The smallest absolute Gasteiger partial charge is 0.407 e. The van der Waals surface area contributed by atoms with Crippen molar-refractivity contribution >= 4 is 16.1 Å². The molecule has 38 heavy (non-hydrogen) atoms. The van der Waals surface area contributed by atoms with E-state index in [9.17, 15) is 23.4 Å². The molecule has 3 rings (SSSR count). The van der Waals surface area contributed by atoms with Gasteiger partial charge in [0, 0.05) is 13.1 Å². The molecule has 0 aliphatic carbocycles. The number of ether oxygens (including phenoxy) is 1. The van der Waals surface area contributed by atoms with Crippen LogP contribution in [0, 0.1) is 5.92 Å². The van der Waals surface area contributed by atoms with Gasteiger partial charge < -0.3 is 19.8 Å². The molecule has 9 heteroatoms. The third kappa shape index (κ3) is 7.80. The van der Waals surface area contributed by atoms with E-state index in [1.807, 2.05) is 74.5 Å². The second-order valence-electron chi connectivity index (χ2n) is 9.62. The van der Waals surface area contributed by atoms with Crippen LogP contribution in [0.3, 0.4) is 0 Å². The van der Waals surface area contributed by atoms with Gasteiger partial charge in [-0.3, -0.25) is 0 Å². The van der Waals surface area contributed by atoms with E-state index in [2.05, 4.69) is 0 Å². The molecular formula is C29H36N2O6S. The molecule has 0 aliphatic rings. The van der Waals surface area contributed by atoms with Crippen LogP contribution < -0.4 is 4.74 Å². The predicted octanol–water partition coefficient (Wildman–Crippen LogP) is 4.49. The molecule has 0 fully saturated rings. The first kappa shape index (κ1) is 29.2. The number of benzene rings is 3. The molecule has 3 aromatic rings. The number of hydrogen-bond acceptors (Lipinski definition) is 5. The van der Waals surface area contributed by atoms with Crippen LogP contribution in [-0.2, 0) is 23.0 Å². The summed E-state index contributed by atoms with van der Waals surface area (Å²) in [7, 11) is -2.54. The highest BCUT2D eigenvalue weighted by Crippen LogP contribution is 2.26. The van der Waals surface area contributed by atoms with Crippen LogP contribution in [0.15, 0.2) is 89.8 Å². The fraction of sp³-hybridized carbons (Fsp3) is 0.345. The first-order valence-electron chi connectivity index (χ1n) is 12.5. The first-order valence-corrected chi connectivity index (χ1v) is 14.0. The number of carboxylic acid groups (broad SMARTS) is 1. The number of amides is 1. The zero-order chi connectivity index (χ0) is 27.7. The average molecular weight is 541 g/mol. The van der Waals surface area contributed by atoms with Gasteiger partial charge in [-0.05, 0) is 47.7 Å². The molecule has 0 spiro atoms. The Bertz CT molecular complexity index is 1250. The second-order valence-corrected chi connectivity index (χ2v) is 11.5. The summed E-state index contributed by atoms with van der Waals surface area (Å²) < 4.78 is 34.4. The third-order valence-electron chi connectivity index (χ3n) is 6.21. The van der Waals surface area contributed by atoms with Crippen molar-refractivity contribution in [3.8, 4) is 5.75 Å². The number of sulfonamides is 1. The van der Waals surface area contributed by atoms with Crippen LogP contribution in [0.4, 0.5) is 4.79 Å². The molecule has 2 atom stereocenters. The highest BCUT2D eigenvalue weighted by Gasteiger charge is 2.37. The summed E-state index contributed by atoms with van der Waals surface area (Å²) in [5, 5.41) is 21.4. The van der Waals surface area contributed by atoms with Gasteiger partial charge in [-0.25, -0.2) is 13.2 Å². The highest BCUT2D eigenvalue weighted by molar-refractivity contribution is 7.89. The van der Waals surface area contributed by atoms with Gasteiger partial charge in [-0.15, -0.1) is 0 Å². The van der Waals surface area contributed by atoms with Crippen LogP contribution in [0.2, 0.25) is 0 Å². The van der Waals surface area contributed by atoms with E-state index < -0.39 is 28.3 Å². The van der Waals surface area contributed by atoms with Crippen molar-refractivity contribution in [3.05, 3.63) is 96.1 Å². The Labute approximate surface area is 225 Å². The Morgan fingerprint density at radius 3 is 1.92 bits per heavy atom. The van der Waals surface area contributed by atoms with Crippen molar-refractivity contribution < 1.29 is 28.2 Å². The summed E-state index contributed by atoms with van der Waals surface area (Å²) in [6.07, 6.45) is -2.27. The number of aliphatic hydroxyl groups is 1. The summed E-state index contributed by atoms with van der Waals surface area (Å²) in [6, 6.07) is 23.6. The molecular weight excluding hydrogens is 504 g/mol. The Balaban J connectivity index is 2.00. The maximum absolute atomic E-state index is 14.0. The van der Waals surface area contributed by atoms with Crippen molar-refractivity contribution in [1.29, 1.82) is 0 Å². The monoisotopic (exact) mass is 540 g/mol. The molecule has 204 valence electrons. The van der Waals surface area contributed by atoms with Gasteiger partial charge in [0.1, 0.15) is 5.75 Å². The molecule has 2 unspecified atom stereocenters. The van der Waals surface area contributed by atoms with Crippen molar-refractivity contribution in [2.75, 3.05) is 20.2 Å². The summed E-state index contributed by atoms with van der Waals surface area (Å²) >= 11 is 0. The normalized spacial score (nSPS) is 13.3. The standard InChI is InChI=1S/C29H36N2O6S/c1-22(2)19-31(38(35,36)26-16-14-25(37-3)15-17-26)27(18-23-10-6-4-7-11-23)28(32)21-30(29(33)34)20-24-12-8-5-9-13-24/h4-17,22,27-28,32H,18-21H2,1-3H3,(H,33,34). The fourth-order valence-corrected chi connectivity index (χ4v) is 6.12. The lowest BCUT2D eigenvalue weighted by Gasteiger charge is -2.36. The lowest BCUT2D eigenvalue weighted by Crippen LogP contribution is -2.53. The average Bonchev–Trinajstić information content (AvgIpc) is 2.91. The van der Waals surface area contributed by atoms with E-state index in [0.717, 1.165) is 16.0 Å². The van der Waals surface area contributed by atoms with Gasteiger partial charge in [0.15, 0.2) is 0 Å². The maximum Gasteiger partial charge on any atom is 0.407 e. The summed E-state index contributed by atoms with van der Waals surface area (Å²) in [6.45, 7) is 3.77. The molecule has 0 aromatic heterocycles. The van der Waals surface area contributed by atoms with Gasteiger partial charge in [0.25, 0.3) is 0 Å². The van der Waals surface area contributed by atoms with Crippen LogP contribution in [0.5, 0.6) is 5.75 Å². The number of rotatable bonds is 13. The number of carbonyl (C=O) groups is 1. The van der Waals surface area contributed by atoms with E-state index >= 15 is 0 Å². The molecule has 0 bridgehead atoms. The second kappa shape index (κ2) is 13.4. The largest absolute Gasteiger partial charge is 0.497 e. The highest BCUT2D eigenvalue weighted by atomic mass is 32.2. The van der Waals surface area contributed by atoms with Crippen LogP contribution in [0.1, 0.15) is 25.0 Å². The van der Waals surface area contributed by atoms with Crippen molar-refractivity contribution in [2.45, 2.75) is 43.9 Å². The molecule has 0 saturated carbocycles. The molecule has 0 heterocycles. The molecule has 8 nitrogen and oxygen atoms in total. The van der Waals surface area contributed by atoms with Crippen molar-refractivity contribution in [3.63, 3.8) is 0 Å². The quantitative estimate of drug-likeness (QED) is 0.331. The van der Waals surface area contributed by atoms with Crippen LogP contribution >= 0.6 is 0 Å². The minimum absolute atomic E-state index is 0.0478.